The lowest BCUT2D eigenvalue weighted by Gasteiger charge is -2.14. The van der Waals surface area contributed by atoms with Crippen LogP contribution >= 0.6 is 0 Å². The van der Waals surface area contributed by atoms with Gasteiger partial charge in [0.05, 0.1) is 10.9 Å². The highest BCUT2D eigenvalue weighted by Crippen LogP contribution is 2.18. The van der Waals surface area contributed by atoms with Gasteiger partial charge in [-0.15, -0.1) is 0 Å². The molecule has 0 aliphatic carbocycles. The maximum Gasteiger partial charge on any atom is 0.323 e. The second-order valence-corrected chi connectivity index (χ2v) is 5.81. The molecule has 1 N–H and O–H groups in total. The van der Waals surface area contributed by atoms with Gasteiger partial charge >= 0.3 is 5.97 Å². The molecule has 0 saturated carbocycles. The summed E-state index contributed by atoms with van der Waals surface area (Å²) in [6.07, 6.45) is -0.313. The molecule has 0 amide bonds. The molecular weight excluding hydrogens is 368 g/mol. The molecule has 3 rings (SSSR count). The lowest BCUT2D eigenvalue weighted by atomic mass is 10.1. The number of aromatic nitrogens is 2. The van der Waals surface area contributed by atoms with Crippen molar-refractivity contribution in [1.82, 2.24) is 9.55 Å². The number of aliphatic carboxylic acids is 1. The van der Waals surface area contributed by atoms with Gasteiger partial charge in [-0.25, -0.2) is 17.6 Å². The summed E-state index contributed by atoms with van der Waals surface area (Å²) in [7, 11) is 0. The van der Waals surface area contributed by atoms with Crippen LogP contribution < -0.4 is 5.56 Å². The molecule has 140 valence electrons. The molecule has 5 nitrogen and oxygen atoms in total. The van der Waals surface area contributed by atoms with Crippen molar-refractivity contribution in [3.05, 3.63) is 75.3 Å². The SMILES string of the molecule is O=C(O)Cn1c(CCc2ccc(F)c(F)c2F)nc(=O)c2ccc(F)cc21. The fourth-order valence-corrected chi connectivity index (χ4v) is 2.79. The van der Waals surface area contributed by atoms with Gasteiger partial charge in [0.2, 0.25) is 0 Å². The molecule has 9 heteroatoms. The van der Waals surface area contributed by atoms with Gasteiger partial charge in [0.25, 0.3) is 5.56 Å². The van der Waals surface area contributed by atoms with E-state index in [1.54, 1.807) is 0 Å². The van der Waals surface area contributed by atoms with Gasteiger partial charge < -0.3 is 9.67 Å². The number of rotatable bonds is 5. The maximum atomic E-state index is 13.8. The van der Waals surface area contributed by atoms with E-state index in [1.165, 1.54) is 6.07 Å². The van der Waals surface area contributed by atoms with Crippen molar-refractivity contribution in [2.24, 2.45) is 0 Å². The van der Waals surface area contributed by atoms with E-state index in [-0.39, 0.29) is 35.1 Å². The molecule has 27 heavy (non-hydrogen) atoms. The Morgan fingerprint density at radius 2 is 1.78 bits per heavy atom. The first-order valence-corrected chi connectivity index (χ1v) is 7.81. The number of benzene rings is 2. The van der Waals surface area contributed by atoms with Crippen LogP contribution in [0.15, 0.2) is 35.1 Å². The van der Waals surface area contributed by atoms with Crippen molar-refractivity contribution < 1.29 is 27.5 Å². The third-order valence-electron chi connectivity index (χ3n) is 4.05. The van der Waals surface area contributed by atoms with E-state index in [9.17, 15) is 27.2 Å². The molecular formula is C18H12F4N2O3. The molecule has 0 bridgehead atoms. The Hall–Kier alpha value is -3.23. The Balaban J connectivity index is 2.07. The lowest BCUT2D eigenvalue weighted by molar-refractivity contribution is -0.137. The normalized spacial score (nSPS) is 11.1. The van der Waals surface area contributed by atoms with Crippen LogP contribution in [0.1, 0.15) is 11.4 Å². The number of hydrogen-bond acceptors (Lipinski definition) is 3. The Labute approximate surface area is 149 Å². The quantitative estimate of drug-likeness (QED) is 0.546. The summed E-state index contributed by atoms with van der Waals surface area (Å²) in [6, 6.07) is 5.06. The van der Waals surface area contributed by atoms with Crippen LogP contribution in [-0.4, -0.2) is 20.6 Å². The van der Waals surface area contributed by atoms with Crippen LogP contribution in [0.3, 0.4) is 0 Å². The number of hydrogen-bond donors (Lipinski definition) is 1. The van der Waals surface area contributed by atoms with E-state index in [2.05, 4.69) is 4.98 Å². The van der Waals surface area contributed by atoms with Crippen molar-refractivity contribution in [2.75, 3.05) is 0 Å². The van der Waals surface area contributed by atoms with Crippen LogP contribution in [0.4, 0.5) is 17.6 Å². The second kappa shape index (κ2) is 7.18. The minimum Gasteiger partial charge on any atom is -0.480 e. The maximum absolute atomic E-state index is 13.8. The number of nitrogens with zero attached hydrogens (tertiary/aromatic N) is 2. The fourth-order valence-electron chi connectivity index (χ4n) is 2.79. The Morgan fingerprint density at radius 3 is 2.48 bits per heavy atom. The molecule has 0 spiro atoms. The first-order chi connectivity index (χ1) is 12.8. The number of halogens is 4. The van der Waals surface area contributed by atoms with Gasteiger partial charge in [0, 0.05) is 6.42 Å². The minimum atomic E-state index is -1.62. The van der Waals surface area contributed by atoms with Crippen LogP contribution in [0.25, 0.3) is 10.9 Å². The predicted octanol–water partition coefficient (Wildman–Crippen LogP) is 2.82. The van der Waals surface area contributed by atoms with Gasteiger partial charge in [-0.2, -0.15) is 4.98 Å². The lowest BCUT2D eigenvalue weighted by Crippen LogP contribution is -2.23. The summed E-state index contributed by atoms with van der Waals surface area (Å²) in [5, 5.41) is 9.14. The molecule has 0 radical (unpaired) electrons. The molecule has 0 atom stereocenters. The second-order valence-electron chi connectivity index (χ2n) is 5.81. The van der Waals surface area contributed by atoms with Crippen molar-refractivity contribution in [1.29, 1.82) is 0 Å². The summed E-state index contributed by atoms with van der Waals surface area (Å²) in [6.45, 7) is -0.608. The van der Waals surface area contributed by atoms with E-state index in [1.807, 2.05) is 0 Å². The van der Waals surface area contributed by atoms with Crippen molar-refractivity contribution >= 4 is 16.9 Å². The van der Waals surface area contributed by atoms with Crippen LogP contribution in [0.5, 0.6) is 0 Å². The summed E-state index contributed by atoms with van der Waals surface area (Å²) in [5.74, 6) is -6.29. The van der Waals surface area contributed by atoms with Gasteiger partial charge in [0.1, 0.15) is 18.2 Å². The first-order valence-electron chi connectivity index (χ1n) is 7.81. The number of carbonyl (C=O) groups is 1. The number of carboxylic acid groups (broad SMARTS) is 1. The predicted molar refractivity (Wildman–Crippen MR) is 87.3 cm³/mol. The molecule has 3 aromatic rings. The molecule has 2 aromatic carbocycles. The van der Waals surface area contributed by atoms with Crippen LogP contribution in [-0.2, 0) is 24.2 Å². The van der Waals surface area contributed by atoms with Gasteiger partial charge in [-0.1, -0.05) is 6.07 Å². The highest BCUT2D eigenvalue weighted by atomic mass is 19.2. The van der Waals surface area contributed by atoms with Crippen molar-refractivity contribution in [2.45, 2.75) is 19.4 Å². The Bertz CT molecular complexity index is 1110. The standard InChI is InChI=1S/C18H12F4N2O3/c19-10-3-4-11-13(7-10)24(8-15(25)26)14(23-18(11)27)6-2-9-1-5-12(20)17(22)16(9)21/h1,3-5,7H,2,6,8H2,(H,25,26). The number of fused-ring (bicyclic) bond motifs is 1. The third kappa shape index (κ3) is 3.67. The number of aryl methyl sites for hydroxylation is 2. The highest BCUT2D eigenvalue weighted by molar-refractivity contribution is 5.80. The molecule has 1 heterocycles. The van der Waals surface area contributed by atoms with Crippen LogP contribution in [0.2, 0.25) is 0 Å². The first kappa shape index (κ1) is 18.6. The fraction of sp³-hybridized carbons (Fsp3) is 0.167. The third-order valence-corrected chi connectivity index (χ3v) is 4.05. The van der Waals surface area contributed by atoms with Gasteiger partial charge in [-0.05, 0) is 36.2 Å². The van der Waals surface area contributed by atoms with Crippen molar-refractivity contribution in [3.8, 4) is 0 Å². The van der Waals surface area contributed by atoms with E-state index < -0.39 is 41.3 Å². The molecule has 0 fully saturated rings. The minimum absolute atomic E-state index is 0.0261. The van der Waals surface area contributed by atoms with Gasteiger partial charge in [0.15, 0.2) is 17.5 Å². The molecule has 0 aliphatic rings. The Morgan fingerprint density at radius 1 is 1.04 bits per heavy atom. The average molecular weight is 380 g/mol. The zero-order valence-corrected chi connectivity index (χ0v) is 13.7. The smallest absolute Gasteiger partial charge is 0.323 e. The molecule has 1 aromatic heterocycles. The number of carboxylic acids is 1. The largest absolute Gasteiger partial charge is 0.480 e. The average Bonchev–Trinajstić information content (AvgIpc) is 2.61. The zero-order valence-electron chi connectivity index (χ0n) is 13.7. The van der Waals surface area contributed by atoms with E-state index in [0.717, 1.165) is 28.8 Å². The van der Waals surface area contributed by atoms with Crippen molar-refractivity contribution in [3.63, 3.8) is 0 Å². The summed E-state index contributed by atoms with van der Waals surface area (Å²) < 4.78 is 54.9. The summed E-state index contributed by atoms with van der Waals surface area (Å²) in [4.78, 5) is 27.1. The molecule has 0 aliphatic heterocycles. The van der Waals surface area contributed by atoms with Gasteiger partial charge in [-0.3, -0.25) is 9.59 Å². The highest BCUT2D eigenvalue weighted by Gasteiger charge is 2.17. The zero-order chi connectivity index (χ0) is 19.7. The van der Waals surface area contributed by atoms with E-state index in [4.69, 9.17) is 5.11 Å². The van der Waals surface area contributed by atoms with E-state index >= 15 is 0 Å². The molecule has 0 unspecified atom stereocenters. The summed E-state index contributed by atoms with van der Waals surface area (Å²) >= 11 is 0. The van der Waals surface area contributed by atoms with E-state index in [0.29, 0.717) is 0 Å². The Kier molecular flexibility index (Phi) is 4.93. The monoisotopic (exact) mass is 380 g/mol. The van der Waals surface area contributed by atoms with Crippen LogP contribution in [0, 0.1) is 23.3 Å². The molecule has 0 saturated heterocycles. The topological polar surface area (TPSA) is 72.2 Å². The summed E-state index contributed by atoms with van der Waals surface area (Å²) in [5.41, 5.74) is -0.838.